The lowest BCUT2D eigenvalue weighted by atomic mass is 10.1. The molecule has 0 unspecified atom stereocenters. The lowest BCUT2D eigenvalue weighted by Crippen LogP contribution is -1.90. The van der Waals surface area contributed by atoms with Gasteiger partial charge in [0.1, 0.15) is 5.75 Å². The smallest absolute Gasteiger partial charge is 0.126 e. The van der Waals surface area contributed by atoms with Gasteiger partial charge in [0.2, 0.25) is 0 Å². The van der Waals surface area contributed by atoms with Crippen molar-refractivity contribution in [3.63, 3.8) is 0 Å². The molecular weight excluding hydrogens is 242 g/mol. The SMILES string of the molecule is COc1ccccc1-c1ccc(SC(C)C)nc1. The molecule has 0 aliphatic rings. The molecule has 0 atom stereocenters. The molecule has 0 spiro atoms. The van der Waals surface area contributed by atoms with Gasteiger partial charge in [0, 0.05) is 22.6 Å². The molecule has 2 rings (SSSR count). The molecule has 0 saturated heterocycles. The zero-order valence-electron chi connectivity index (χ0n) is 10.9. The van der Waals surface area contributed by atoms with Crippen molar-refractivity contribution in [2.24, 2.45) is 0 Å². The summed E-state index contributed by atoms with van der Waals surface area (Å²) in [7, 11) is 1.69. The summed E-state index contributed by atoms with van der Waals surface area (Å²) < 4.78 is 5.36. The molecule has 18 heavy (non-hydrogen) atoms. The van der Waals surface area contributed by atoms with E-state index in [4.69, 9.17) is 4.74 Å². The Labute approximate surface area is 112 Å². The molecule has 1 aromatic heterocycles. The summed E-state index contributed by atoms with van der Waals surface area (Å²) in [6.07, 6.45) is 1.91. The second-order valence-electron chi connectivity index (χ2n) is 4.25. The zero-order chi connectivity index (χ0) is 13.0. The first-order valence-electron chi connectivity index (χ1n) is 5.97. The average Bonchev–Trinajstić information content (AvgIpc) is 2.39. The van der Waals surface area contributed by atoms with E-state index in [1.54, 1.807) is 18.9 Å². The van der Waals surface area contributed by atoms with Crippen LogP contribution in [0.15, 0.2) is 47.6 Å². The minimum atomic E-state index is 0.551. The molecule has 1 heterocycles. The maximum Gasteiger partial charge on any atom is 0.126 e. The van der Waals surface area contributed by atoms with Crippen LogP contribution in [0.3, 0.4) is 0 Å². The maximum absolute atomic E-state index is 5.36. The molecule has 2 aromatic rings. The predicted molar refractivity (Wildman–Crippen MR) is 77.2 cm³/mol. The summed E-state index contributed by atoms with van der Waals surface area (Å²) in [4.78, 5) is 4.48. The van der Waals surface area contributed by atoms with Crippen molar-refractivity contribution in [1.29, 1.82) is 0 Å². The van der Waals surface area contributed by atoms with E-state index in [-0.39, 0.29) is 0 Å². The molecule has 0 radical (unpaired) electrons. The topological polar surface area (TPSA) is 22.1 Å². The summed E-state index contributed by atoms with van der Waals surface area (Å²) in [5, 5.41) is 1.61. The van der Waals surface area contributed by atoms with Crippen LogP contribution in [0.25, 0.3) is 11.1 Å². The zero-order valence-corrected chi connectivity index (χ0v) is 11.7. The Balaban J connectivity index is 2.28. The van der Waals surface area contributed by atoms with Gasteiger partial charge in [-0.05, 0) is 12.1 Å². The molecule has 0 N–H and O–H groups in total. The van der Waals surface area contributed by atoms with Crippen LogP contribution in [0.1, 0.15) is 13.8 Å². The van der Waals surface area contributed by atoms with Crippen LogP contribution in [-0.2, 0) is 0 Å². The number of para-hydroxylation sites is 1. The van der Waals surface area contributed by atoms with Crippen molar-refractivity contribution < 1.29 is 4.74 Å². The van der Waals surface area contributed by atoms with E-state index >= 15 is 0 Å². The second-order valence-corrected chi connectivity index (χ2v) is 5.85. The second kappa shape index (κ2) is 5.91. The highest BCUT2D eigenvalue weighted by molar-refractivity contribution is 7.99. The van der Waals surface area contributed by atoms with Gasteiger partial charge in [0.25, 0.3) is 0 Å². The number of aromatic nitrogens is 1. The number of thioether (sulfide) groups is 1. The minimum Gasteiger partial charge on any atom is -0.496 e. The van der Waals surface area contributed by atoms with Gasteiger partial charge in [-0.2, -0.15) is 0 Å². The van der Waals surface area contributed by atoms with Crippen LogP contribution in [0.4, 0.5) is 0 Å². The van der Waals surface area contributed by atoms with Gasteiger partial charge in [-0.3, -0.25) is 0 Å². The Hall–Kier alpha value is -1.48. The highest BCUT2D eigenvalue weighted by atomic mass is 32.2. The Bertz CT molecular complexity index is 508. The van der Waals surface area contributed by atoms with E-state index in [9.17, 15) is 0 Å². The first-order chi connectivity index (χ1) is 8.70. The fourth-order valence-electron chi connectivity index (χ4n) is 1.73. The van der Waals surface area contributed by atoms with E-state index in [1.807, 2.05) is 30.5 Å². The van der Waals surface area contributed by atoms with E-state index in [0.29, 0.717) is 5.25 Å². The third kappa shape index (κ3) is 3.05. The molecule has 0 amide bonds. The average molecular weight is 259 g/mol. The normalized spacial score (nSPS) is 10.7. The Morgan fingerprint density at radius 1 is 1.11 bits per heavy atom. The van der Waals surface area contributed by atoms with Gasteiger partial charge in [0.15, 0.2) is 0 Å². The molecule has 0 aliphatic carbocycles. The van der Waals surface area contributed by atoms with Gasteiger partial charge < -0.3 is 4.74 Å². The van der Waals surface area contributed by atoms with Crippen LogP contribution in [0.2, 0.25) is 0 Å². The number of methoxy groups -OCH3 is 1. The van der Waals surface area contributed by atoms with Gasteiger partial charge >= 0.3 is 0 Å². The number of benzene rings is 1. The fourth-order valence-corrected chi connectivity index (χ4v) is 2.48. The van der Waals surface area contributed by atoms with Crippen molar-refractivity contribution in [2.75, 3.05) is 7.11 Å². The molecule has 1 aromatic carbocycles. The molecule has 0 aliphatic heterocycles. The van der Waals surface area contributed by atoms with Crippen LogP contribution in [0, 0.1) is 0 Å². The molecule has 0 fully saturated rings. The van der Waals surface area contributed by atoms with E-state index in [1.165, 1.54) is 0 Å². The lowest BCUT2D eigenvalue weighted by Gasteiger charge is -2.09. The molecule has 2 nitrogen and oxygen atoms in total. The fraction of sp³-hybridized carbons (Fsp3) is 0.267. The van der Waals surface area contributed by atoms with Crippen molar-refractivity contribution in [1.82, 2.24) is 4.98 Å². The van der Waals surface area contributed by atoms with Crippen molar-refractivity contribution in [2.45, 2.75) is 24.1 Å². The molecular formula is C15H17NOS. The van der Waals surface area contributed by atoms with E-state index in [0.717, 1.165) is 21.9 Å². The quantitative estimate of drug-likeness (QED) is 0.766. The first kappa shape index (κ1) is 13.0. The molecule has 94 valence electrons. The third-order valence-corrected chi connectivity index (χ3v) is 3.47. The number of rotatable bonds is 4. The minimum absolute atomic E-state index is 0.551. The van der Waals surface area contributed by atoms with E-state index < -0.39 is 0 Å². The summed E-state index contributed by atoms with van der Waals surface area (Å²) in [5.74, 6) is 0.878. The number of pyridine rings is 1. The highest BCUT2D eigenvalue weighted by Crippen LogP contribution is 2.30. The van der Waals surface area contributed by atoms with Crippen molar-refractivity contribution >= 4 is 11.8 Å². The highest BCUT2D eigenvalue weighted by Gasteiger charge is 2.06. The number of ether oxygens (including phenoxy) is 1. The van der Waals surface area contributed by atoms with Crippen LogP contribution >= 0.6 is 11.8 Å². The number of hydrogen-bond donors (Lipinski definition) is 0. The van der Waals surface area contributed by atoms with Gasteiger partial charge in [-0.1, -0.05) is 38.1 Å². The maximum atomic E-state index is 5.36. The summed E-state index contributed by atoms with van der Waals surface area (Å²) in [6, 6.07) is 12.1. The largest absolute Gasteiger partial charge is 0.496 e. The summed E-state index contributed by atoms with van der Waals surface area (Å²) in [5.41, 5.74) is 2.16. The lowest BCUT2D eigenvalue weighted by molar-refractivity contribution is 0.416. The Morgan fingerprint density at radius 3 is 2.50 bits per heavy atom. The van der Waals surface area contributed by atoms with Gasteiger partial charge in [-0.25, -0.2) is 4.98 Å². The number of nitrogens with zero attached hydrogens (tertiary/aromatic N) is 1. The van der Waals surface area contributed by atoms with Crippen LogP contribution in [-0.4, -0.2) is 17.3 Å². The third-order valence-electron chi connectivity index (χ3n) is 2.51. The standard InChI is InChI=1S/C15H17NOS/c1-11(2)18-15-9-8-12(10-16-15)13-6-4-5-7-14(13)17-3/h4-11H,1-3H3. The molecule has 3 heteroatoms. The number of hydrogen-bond acceptors (Lipinski definition) is 3. The van der Waals surface area contributed by atoms with Crippen LogP contribution in [0.5, 0.6) is 5.75 Å². The Morgan fingerprint density at radius 2 is 1.89 bits per heavy atom. The molecule has 0 bridgehead atoms. The van der Waals surface area contributed by atoms with Gasteiger partial charge in [-0.15, -0.1) is 11.8 Å². The first-order valence-corrected chi connectivity index (χ1v) is 6.85. The predicted octanol–water partition coefficient (Wildman–Crippen LogP) is 4.26. The summed E-state index contributed by atoms with van der Waals surface area (Å²) in [6.45, 7) is 4.33. The van der Waals surface area contributed by atoms with E-state index in [2.05, 4.69) is 31.0 Å². The summed E-state index contributed by atoms with van der Waals surface area (Å²) >= 11 is 1.77. The van der Waals surface area contributed by atoms with Crippen molar-refractivity contribution in [3.8, 4) is 16.9 Å². The monoisotopic (exact) mass is 259 g/mol. The van der Waals surface area contributed by atoms with Crippen LogP contribution < -0.4 is 4.74 Å². The molecule has 0 saturated carbocycles. The van der Waals surface area contributed by atoms with Gasteiger partial charge in [0.05, 0.1) is 12.1 Å². The van der Waals surface area contributed by atoms with Crippen molar-refractivity contribution in [3.05, 3.63) is 42.6 Å². The Kier molecular flexibility index (Phi) is 4.26.